The highest BCUT2D eigenvalue weighted by Gasteiger charge is 2.42. The van der Waals surface area contributed by atoms with Gasteiger partial charge in [-0.2, -0.15) is 0 Å². The summed E-state index contributed by atoms with van der Waals surface area (Å²) in [5, 5.41) is 3.32. The molecule has 92 valence electrons. The van der Waals surface area contributed by atoms with Gasteiger partial charge in [-0.15, -0.1) is 0 Å². The molecule has 0 aromatic heterocycles. The van der Waals surface area contributed by atoms with Gasteiger partial charge >= 0.3 is 0 Å². The Balaban J connectivity index is 2.19. The van der Waals surface area contributed by atoms with Gasteiger partial charge in [-0.25, -0.2) is 0 Å². The average molecular weight is 297 g/mol. The van der Waals surface area contributed by atoms with Crippen molar-refractivity contribution in [1.82, 2.24) is 0 Å². The molecule has 17 heavy (non-hydrogen) atoms. The molecule has 1 aromatic carbocycles. The Morgan fingerprint density at radius 1 is 1.47 bits per heavy atom. The fourth-order valence-corrected chi connectivity index (χ4v) is 2.76. The first-order valence-electron chi connectivity index (χ1n) is 5.85. The number of nitrogens with two attached hydrogens (primary N) is 1. The first-order chi connectivity index (χ1) is 8.02. The van der Waals surface area contributed by atoms with E-state index >= 15 is 0 Å². The van der Waals surface area contributed by atoms with Gasteiger partial charge in [-0.1, -0.05) is 22.9 Å². The lowest BCUT2D eigenvalue weighted by Crippen LogP contribution is -2.48. The van der Waals surface area contributed by atoms with Gasteiger partial charge in [0.2, 0.25) is 5.91 Å². The van der Waals surface area contributed by atoms with Crippen molar-refractivity contribution in [2.75, 3.05) is 5.32 Å². The molecule has 0 heterocycles. The van der Waals surface area contributed by atoms with E-state index in [1.165, 1.54) is 0 Å². The minimum Gasteiger partial charge on any atom is -0.371 e. The molecule has 0 spiro atoms. The molecule has 1 aliphatic carbocycles. The number of benzene rings is 1. The van der Waals surface area contributed by atoms with E-state index < -0.39 is 5.54 Å². The standard InChI is InChI=1S/C13H17BrN2O/c1-9-6-7-13(8-9,12(15)17)16-11-4-2-10(14)3-5-11/h2-5,9,16H,6-8H2,1H3,(H2,15,17). The second-order valence-electron chi connectivity index (χ2n) is 4.93. The largest absolute Gasteiger partial charge is 0.371 e. The van der Waals surface area contributed by atoms with E-state index in [0.29, 0.717) is 5.92 Å². The predicted molar refractivity (Wildman–Crippen MR) is 72.7 cm³/mol. The molecule has 3 nitrogen and oxygen atoms in total. The second kappa shape index (κ2) is 4.69. The normalized spacial score (nSPS) is 28.0. The minimum atomic E-state index is -0.562. The molecule has 3 N–H and O–H groups in total. The molecule has 4 heteroatoms. The summed E-state index contributed by atoms with van der Waals surface area (Å²) in [5.41, 5.74) is 5.95. The van der Waals surface area contributed by atoms with Crippen LogP contribution in [0.15, 0.2) is 28.7 Å². The Morgan fingerprint density at radius 2 is 2.12 bits per heavy atom. The van der Waals surface area contributed by atoms with Crippen LogP contribution in [0.2, 0.25) is 0 Å². The summed E-state index contributed by atoms with van der Waals surface area (Å²) in [5.74, 6) is 0.301. The summed E-state index contributed by atoms with van der Waals surface area (Å²) in [6, 6.07) is 7.82. The van der Waals surface area contributed by atoms with Gasteiger partial charge in [0.1, 0.15) is 5.54 Å². The lowest BCUT2D eigenvalue weighted by Gasteiger charge is -2.28. The molecule has 2 rings (SSSR count). The summed E-state index contributed by atoms with van der Waals surface area (Å²) in [4.78, 5) is 11.7. The highest BCUT2D eigenvalue weighted by atomic mass is 79.9. The summed E-state index contributed by atoms with van der Waals surface area (Å²) in [6.07, 6.45) is 2.68. The molecule has 1 saturated carbocycles. The molecule has 0 saturated heterocycles. The number of carbonyl (C=O) groups excluding carboxylic acids is 1. The zero-order chi connectivity index (χ0) is 12.5. The van der Waals surface area contributed by atoms with Crippen molar-refractivity contribution in [2.45, 2.75) is 31.7 Å². The number of amides is 1. The number of rotatable bonds is 3. The van der Waals surface area contributed by atoms with Gasteiger partial charge in [0, 0.05) is 10.2 Å². The Hall–Kier alpha value is -1.03. The van der Waals surface area contributed by atoms with Crippen molar-refractivity contribution in [1.29, 1.82) is 0 Å². The average Bonchev–Trinajstić information content (AvgIpc) is 2.65. The van der Waals surface area contributed by atoms with Crippen molar-refractivity contribution in [3.8, 4) is 0 Å². The van der Waals surface area contributed by atoms with Crippen molar-refractivity contribution in [3.05, 3.63) is 28.7 Å². The fraction of sp³-hybridized carbons (Fsp3) is 0.462. The number of primary amides is 1. The first-order valence-corrected chi connectivity index (χ1v) is 6.65. The van der Waals surface area contributed by atoms with Gasteiger partial charge in [-0.05, 0) is 49.4 Å². The Labute approximate surface area is 110 Å². The number of hydrogen-bond acceptors (Lipinski definition) is 2. The van der Waals surface area contributed by atoms with E-state index in [-0.39, 0.29) is 5.91 Å². The summed E-state index contributed by atoms with van der Waals surface area (Å²) in [7, 11) is 0. The molecule has 1 fully saturated rings. The van der Waals surface area contributed by atoms with Crippen LogP contribution in [0.5, 0.6) is 0 Å². The van der Waals surface area contributed by atoms with Crippen LogP contribution in [0.4, 0.5) is 5.69 Å². The Bertz CT molecular complexity index is 418. The summed E-state index contributed by atoms with van der Waals surface area (Å²) < 4.78 is 1.02. The fourth-order valence-electron chi connectivity index (χ4n) is 2.50. The maximum atomic E-state index is 11.7. The zero-order valence-corrected chi connectivity index (χ0v) is 11.5. The Kier molecular flexibility index (Phi) is 3.43. The van der Waals surface area contributed by atoms with Crippen LogP contribution in [0.3, 0.4) is 0 Å². The van der Waals surface area contributed by atoms with E-state index in [2.05, 4.69) is 28.2 Å². The number of anilines is 1. The molecular formula is C13H17BrN2O. The quantitative estimate of drug-likeness (QED) is 0.901. The van der Waals surface area contributed by atoms with Gasteiger partial charge < -0.3 is 11.1 Å². The number of hydrogen-bond donors (Lipinski definition) is 2. The molecule has 0 radical (unpaired) electrons. The maximum absolute atomic E-state index is 11.7. The van der Waals surface area contributed by atoms with Gasteiger partial charge in [0.25, 0.3) is 0 Å². The monoisotopic (exact) mass is 296 g/mol. The Morgan fingerprint density at radius 3 is 2.59 bits per heavy atom. The third-order valence-electron chi connectivity index (χ3n) is 3.46. The van der Waals surface area contributed by atoms with Gasteiger partial charge in [0.15, 0.2) is 0 Å². The maximum Gasteiger partial charge on any atom is 0.243 e. The lowest BCUT2D eigenvalue weighted by molar-refractivity contribution is -0.122. The van der Waals surface area contributed by atoms with Crippen LogP contribution in [0.25, 0.3) is 0 Å². The van der Waals surface area contributed by atoms with E-state index in [1.54, 1.807) is 0 Å². The predicted octanol–water partition coefficient (Wildman–Crippen LogP) is 2.91. The molecule has 0 aliphatic heterocycles. The van der Waals surface area contributed by atoms with Crippen LogP contribution >= 0.6 is 15.9 Å². The highest BCUT2D eigenvalue weighted by molar-refractivity contribution is 9.10. The SMILES string of the molecule is CC1CCC(Nc2ccc(Br)cc2)(C(N)=O)C1. The molecule has 1 aromatic rings. The van der Waals surface area contributed by atoms with Crippen molar-refractivity contribution in [3.63, 3.8) is 0 Å². The topological polar surface area (TPSA) is 55.1 Å². The van der Waals surface area contributed by atoms with E-state index in [4.69, 9.17) is 5.73 Å². The molecule has 0 bridgehead atoms. The van der Waals surface area contributed by atoms with Crippen LogP contribution in [-0.4, -0.2) is 11.4 Å². The van der Waals surface area contributed by atoms with Crippen LogP contribution in [0, 0.1) is 5.92 Å². The number of nitrogens with one attached hydrogen (secondary N) is 1. The van der Waals surface area contributed by atoms with Gasteiger partial charge in [0.05, 0.1) is 0 Å². The van der Waals surface area contributed by atoms with E-state index in [0.717, 1.165) is 29.4 Å². The van der Waals surface area contributed by atoms with Crippen molar-refractivity contribution < 1.29 is 4.79 Å². The second-order valence-corrected chi connectivity index (χ2v) is 5.84. The molecule has 1 aliphatic rings. The minimum absolute atomic E-state index is 0.246. The smallest absolute Gasteiger partial charge is 0.243 e. The summed E-state index contributed by atoms with van der Waals surface area (Å²) >= 11 is 3.39. The first kappa shape index (κ1) is 12.4. The van der Waals surface area contributed by atoms with Crippen molar-refractivity contribution >= 4 is 27.5 Å². The molecule has 2 unspecified atom stereocenters. The van der Waals surface area contributed by atoms with E-state index in [9.17, 15) is 4.79 Å². The number of carbonyl (C=O) groups is 1. The van der Waals surface area contributed by atoms with E-state index in [1.807, 2.05) is 24.3 Å². The number of halogens is 1. The highest BCUT2D eigenvalue weighted by Crippen LogP contribution is 2.37. The molecule has 2 atom stereocenters. The lowest BCUT2D eigenvalue weighted by atomic mass is 9.95. The third-order valence-corrected chi connectivity index (χ3v) is 3.99. The molecule has 1 amide bonds. The van der Waals surface area contributed by atoms with Crippen molar-refractivity contribution in [2.24, 2.45) is 11.7 Å². The van der Waals surface area contributed by atoms with Crippen LogP contribution in [0.1, 0.15) is 26.2 Å². The van der Waals surface area contributed by atoms with Crippen LogP contribution < -0.4 is 11.1 Å². The van der Waals surface area contributed by atoms with Gasteiger partial charge in [-0.3, -0.25) is 4.79 Å². The zero-order valence-electron chi connectivity index (χ0n) is 9.87. The summed E-state index contributed by atoms with van der Waals surface area (Å²) in [6.45, 7) is 2.16. The third kappa shape index (κ3) is 2.63. The molecular weight excluding hydrogens is 280 g/mol. The van der Waals surface area contributed by atoms with Crippen LogP contribution in [-0.2, 0) is 4.79 Å².